The van der Waals surface area contributed by atoms with Crippen molar-refractivity contribution < 1.29 is 51.6 Å². The van der Waals surface area contributed by atoms with E-state index in [0.717, 1.165) is 25.7 Å². The molecule has 0 aromatic carbocycles. The second-order valence-corrected chi connectivity index (χ2v) is 7.88. The Morgan fingerprint density at radius 3 is 1.69 bits per heavy atom. The van der Waals surface area contributed by atoms with Crippen molar-refractivity contribution in [3.63, 3.8) is 0 Å². The van der Waals surface area contributed by atoms with E-state index in [1.54, 1.807) is 0 Å². The smallest absolute Gasteiger partial charge is 0.193 e. The summed E-state index contributed by atoms with van der Waals surface area (Å²) in [6.07, 6.45) is -2.85. The quantitative estimate of drug-likeness (QED) is 0.218. The van der Waals surface area contributed by atoms with Crippen molar-refractivity contribution in [2.45, 2.75) is 68.7 Å². The van der Waals surface area contributed by atoms with E-state index < -0.39 is 33.4 Å². The van der Waals surface area contributed by atoms with Crippen LogP contribution in [0.5, 0.6) is 0 Å². The van der Waals surface area contributed by atoms with Crippen LogP contribution < -0.4 is 0 Å². The lowest BCUT2D eigenvalue weighted by Crippen LogP contribution is -2.63. The molecule has 0 aliphatic rings. The van der Waals surface area contributed by atoms with E-state index in [0.29, 0.717) is 6.42 Å². The van der Waals surface area contributed by atoms with Crippen LogP contribution in [0.1, 0.15) is 45.4 Å². The fourth-order valence-electron chi connectivity index (χ4n) is 1.60. The van der Waals surface area contributed by atoms with Gasteiger partial charge in [-0.25, -0.2) is 0 Å². The number of alkyl halides is 9. The Bertz CT molecular complexity index is 533. The zero-order chi connectivity index (χ0) is 20.9. The van der Waals surface area contributed by atoms with Crippen molar-refractivity contribution in [1.29, 1.82) is 0 Å². The van der Waals surface area contributed by atoms with Gasteiger partial charge in [0, 0.05) is 17.8 Å². The maximum atomic E-state index is 13.3. The van der Waals surface area contributed by atoms with Gasteiger partial charge in [0.25, 0.3) is 0 Å². The number of halogens is 9. The summed E-state index contributed by atoms with van der Waals surface area (Å²) in [4.78, 5) is 0. The van der Waals surface area contributed by atoms with Gasteiger partial charge in [-0.1, -0.05) is 39.0 Å². The Balaban J connectivity index is 4.90. The van der Waals surface area contributed by atoms with Gasteiger partial charge >= 0.3 is 33.4 Å². The second-order valence-electron chi connectivity index (χ2n) is 5.28. The van der Waals surface area contributed by atoms with Crippen LogP contribution in [-0.4, -0.2) is 37.4 Å². The van der Waals surface area contributed by atoms with Gasteiger partial charge in [0.15, 0.2) is 0 Å². The Hall–Kier alpha value is -0.370. The Morgan fingerprint density at radius 2 is 1.23 bits per heavy atom. The predicted octanol–water partition coefficient (Wildman–Crippen LogP) is 5.77. The van der Waals surface area contributed by atoms with Gasteiger partial charge in [-0.3, -0.25) is 0 Å². The van der Waals surface area contributed by atoms with Gasteiger partial charge in [0.2, 0.25) is 0 Å². The third-order valence-electron chi connectivity index (χ3n) is 3.15. The van der Waals surface area contributed by atoms with Crippen LogP contribution in [0.2, 0.25) is 0 Å². The van der Waals surface area contributed by atoms with Gasteiger partial charge < -0.3 is 0 Å². The molecule has 0 spiro atoms. The van der Waals surface area contributed by atoms with Gasteiger partial charge in [-0.15, -0.1) is 0 Å². The van der Waals surface area contributed by atoms with Crippen LogP contribution in [-0.2, 0) is 13.7 Å². The molecule has 0 saturated heterocycles. The molecule has 0 bridgehead atoms. The zero-order valence-corrected chi connectivity index (χ0v) is 15.0. The van der Waals surface area contributed by atoms with E-state index in [1.807, 2.05) is 6.92 Å². The van der Waals surface area contributed by atoms with Crippen LogP contribution >= 0.6 is 12.0 Å². The van der Waals surface area contributed by atoms with E-state index in [9.17, 15) is 47.9 Å². The van der Waals surface area contributed by atoms with Crippen molar-refractivity contribution in [3.05, 3.63) is 0 Å². The lowest BCUT2D eigenvalue weighted by molar-refractivity contribution is -0.382. The summed E-state index contributed by atoms with van der Waals surface area (Å²) in [5.41, 5.74) is 0. The van der Waals surface area contributed by atoms with Crippen LogP contribution in [0, 0.1) is 0 Å². The monoisotopic (exact) mass is 444 g/mol. The van der Waals surface area contributed by atoms with E-state index in [2.05, 4.69) is 3.63 Å². The minimum Gasteiger partial charge on any atom is -0.193 e. The lowest BCUT2D eigenvalue weighted by atomic mass is 10.1. The molecule has 0 atom stereocenters. The van der Waals surface area contributed by atoms with E-state index in [-0.39, 0.29) is 24.2 Å². The Kier molecular flexibility index (Phi) is 9.08. The predicted molar refractivity (Wildman–Crippen MR) is 76.7 cm³/mol. The molecule has 0 radical (unpaired) electrons. The van der Waals surface area contributed by atoms with Crippen molar-refractivity contribution in [2.75, 3.05) is 5.75 Å². The summed E-state index contributed by atoms with van der Waals surface area (Å²) >= 11 is -0.242. The summed E-state index contributed by atoms with van der Waals surface area (Å²) in [5.74, 6) is -14.8. The van der Waals surface area contributed by atoms with Crippen LogP contribution in [0.4, 0.5) is 39.5 Å². The maximum absolute atomic E-state index is 13.3. The van der Waals surface area contributed by atoms with E-state index >= 15 is 0 Å². The molecule has 0 aliphatic heterocycles. The first-order valence-electron chi connectivity index (χ1n) is 7.32. The standard InChI is InChI=1S/C12H17F9O3S2/c1-2-3-4-5-6-7-8-25-24-26(22,23)12(20,21)10(15,16)9(13,14)11(17,18)19/h2-8H2,1H3. The molecule has 0 aliphatic carbocycles. The number of hydrogen-bond acceptors (Lipinski definition) is 4. The average molecular weight is 444 g/mol. The molecule has 0 unspecified atom stereocenters. The SMILES string of the molecule is CCCCCCCCSOS(=O)(=O)C(F)(F)C(F)(F)C(F)(F)C(F)(F)F. The Morgan fingerprint density at radius 1 is 0.769 bits per heavy atom. The highest BCUT2D eigenvalue weighted by Gasteiger charge is 2.85. The van der Waals surface area contributed by atoms with Crippen LogP contribution in [0.15, 0.2) is 0 Å². The minimum absolute atomic E-state index is 0.241. The van der Waals surface area contributed by atoms with E-state index in [1.165, 1.54) is 0 Å². The third kappa shape index (κ3) is 5.57. The van der Waals surface area contributed by atoms with Crippen LogP contribution in [0.3, 0.4) is 0 Å². The maximum Gasteiger partial charge on any atom is 0.460 e. The molecule has 0 aromatic rings. The first-order valence-corrected chi connectivity index (χ1v) is 9.64. The van der Waals surface area contributed by atoms with Crippen LogP contribution in [0.25, 0.3) is 0 Å². The molecule has 0 rings (SSSR count). The van der Waals surface area contributed by atoms with Gasteiger partial charge in [0.05, 0.1) is 0 Å². The molecule has 0 amide bonds. The molecule has 0 N–H and O–H groups in total. The third-order valence-corrected chi connectivity index (χ3v) is 5.59. The Labute approximate surface area is 149 Å². The minimum atomic E-state index is -7.29. The van der Waals surface area contributed by atoms with Gasteiger partial charge in [-0.2, -0.15) is 51.6 Å². The summed E-state index contributed by atoms with van der Waals surface area (Å²) < 4.78 is 139. The highest BCUT2D eigenvalue weighted by molar-refractivity contribution is 8.04. The summed E-state index contributed by atoms with van der Waals surface area (Å²) in [6.45, 7) is 1.95. The topological polar surface area (TPSA) is 43.4 Å². The van der Waals surface area contributed by atoms with Gasteiger partial charge in [0.1, 0.15) is 0 Å². The molecular weight excluding hydrogens is 427 g/mol. The number of unbranched alkanes of at least 4 members (excludes halogenated alkanes) is 5. The van der Waals surface area contributed by atoms with Crippen molar-refractivity contribution in [3.8, 4) is 0 Å². The van der Waals surface area contributed by atoms with E-state index in [4.69, 9.17) is 0 Å². The van der Waals surface area contributed by atoms with Crippen molar-refractivity contribution >= 4 is 22.2 Å². The highest BCUT2D eigenvalue weighted by Crippen LogP contribution is 2.55. The molecule has 0 heterocycles. The summed E-state index contributed by atoms with van der Waals surface area (Å²) in [5, 5.41) is -6.80. The fourth-order valence-corrected chi connectivity index (χ4v) is 3.48. The summed E-state index contributed by atoms with van der Waals surface area (Å²) in [6, 6.07) is 0. The number of rotatable bonds is 12. The molecule has 14 heteroatoms. The molecule has 0 fully saturated rings. The average Bonchev–Trinajstić information content (AvgIpc) is 2.48. The van der Waals surface area contributed by atoms with Gasteiger partial charge in [-0.05, 0) is 6.42 Å². The first-order chi connectivity index (χ1) is 11.6. The second kappa shape index (κ2) is 9.22. The molecule has 26 heavy (non-hydrogen) atoms. The molecular formula is C12H17F9O3S2. The highest BCUT2D eigenvalue weighted by atomic mass is 32.3. The van der Waals surface area contributed by atoms with Crippen molar-refractivity contribution in [2.24, 2.45) is 0 Å². The fraction of sp³-hybridized carbons (Fsp3) is 1.00. The molecule has 3 nitrogen and oxygen atoms in total. The molecule has 0 aromatic heterocycles. The normalized spacial score (nSPS) is 14.7. The first kappa shape index (κ1) is 25.6. The summed E-state index contributed by atoms with van der Waals surface area (Å²) in [7, 11) is -6.76. The largest absolute Gasteiger partial charge is 0.460 e. The molecule has 158 valence electrons. The molecule has 0 saturated carbocycles. The zero-order valence-electron chi connectivity index (χ0n) is 13.4. The number of hydrogen-bond donors (Lipinski definition) is 0. The lowest BCUT2D eigenvalue weighted by Gasteiger charge is -2.32. The van der Waals surface area contributed by atoms with Crippen molar-refractivity contribution in [1.82, 2.24) is 0 Å².